The molecule has 1 heterocycles. The molecule has 172 valence electrons. The van der Waals surface area contributed by atoms with Gasteiger partial charge in [-0.3, -0.25) is 9.69 Å². The number of carbonyl (C=O) groups excluding carboxylic acids is 1. The van der Waals surface area contributed by atoms with Gasteiger partial charge >= 0.3 is 0 Å². The number of halogens is 1. The van der Waals surface area contributed by atoms with Crippen molar-refractivity contribution in [3.8, 4) is 11.5 Å². The van der Waals surface area contributed by atoms with Crippen LogP contribution < -0.4 is 14.8 Å². The number of ether oxygens (including phenoxy) is 2. The Bertz CT molecular complexity index is 1130. The predicted octanol–water partition coefficient (Wildman–Crippen LogP) is 5.20. The van der Waals surface area contributed by atoms with Gasteiger partial charge in [-0.25, -0.2) is 0 Å². The molecule has 33 heavy (non-hydrogen) atoms. The lowest BCUT2D eigenvalue weighted by Gasteiger charge is -2.38. The van der Waals surface area contributed by atoms with E-state index in [0.717, 1.165) is 30.8 Å². The molecule has 1 aliphatic heterocycles. The second-order valence-corrected chi connectivity index (χ2v) is 8.78. The Morgan fingerprint density at radius 2 is 1.79 bits per heavy atom. The lowest BCUT2D eigenvalue weighted by molar-refractivity contribution is 0.0926. The number of carbonyl (C=O) groups is 1. The van der Waals surface area contributed by atoms with E-state index in [0.29, 0.717) is 22.9 Å². The SMILES string of the molecule is COc1cc2c(cc1OC)[C@@H](CNC(=O)c1ccc(Cl)cc1)N(Cc1cccc(C)c1)CC2. The molecular weight excluding hydrogens is 436 g/mol. The van der Waals surface area contributed by atoms with Crippen LogP contribution in [0.15, 0.2) is 60.7 Å². The minimum absolute atomic E-state index is 0.00492. The normalized spacial score (nSPS) is 15.6. The number of nitrogens with one attached hydrogen (secondary N) is 1. The van der Waals surface area contributed by atoms with Crippen molar-refractivity contribution in [2.24, 2.45) is 0 Å². The molecule has 0 bridgehead atoms. The van der Waals surface area contributed by atoms with E-state index in [4.69, 9.17) is 21.1 Å². The summed E-state index contributed by atoms with van der Waals surface area (Å²) in [6, 6.07) is 19.6. The number of nitrogens with zero attached hydrogens (tertiary/aromatic N) is 1. The first kappa shape index (κ1) is 23.1. The van der Waals surface area contributed by atoms with Gasteiger partial charge in [0.2, 0.25) is 0 Å². The maximum atomic E-state index is 12.8. The number of benzene rings is 3. The summed E-state index contributed by atoms with van der Waals surface area (Å²) in [4.78, 5) is 15.2. The smallest absolute Gasteiger partial charge is 0.251 e. The molecule has 0 saturated heterocycles. The molecule has 0 aliphatic carbocycles. The molecule has 0 saturated carbocycles. The molecule has 1 amide bonds. The van der Waals surface area contributed by atoms with Crippen LogP contribution in [0.4, 0.5) is 0 Å². The van der Waals surface area contributed by atoms with Crippen molar-refractivity contribution in [2.45, 2.75) is 25.9 Å². The molecule has 4 rings (SSSR count). The van der Waals surface area contributed by atoms with Crippen molar-refractivity contribution in [1.29, 1.82) is 0 Å². The zero-order valence-corrected chi connectivity index (χ0v) is 20.0. The third-order valence-electron chi connectivity index (χ3n) is 6.14. The van der Waals surface area contributed by atoms with Crippen molar-refractivity contribution < 1.29 is 14.3 Å². The Hall–Kier alpha value is -3.02. The largest absolute Gasteiger partial charge is 0.493 e. The first-order valence-electron chi connectivity index (χ1n) is 11.1. The Morgan fingerprint density at radius 1 is 1.06 bits per heavy atom. The summed E-state index contributed by atoms with van der Waals surface area (Å²) < 4.78 is 11.1. The van der Waals surface area contributed by atoms with E-state index in [2.05, 4.69) is 53.5 Å². The minimum Gasteiger partial charge on any atom is -0.493 e. The Labute approximate surface area is 200 Å². The van der Waals surface area contributed by atoms with Crippen LogP contribution in [0.3, 0.4) is 0 Å². The molecule has 0 unspecified atom stereocenters. The fraction of sp³-hybridized carbons (Fsp3) is 0.296. The molecule has 6 heteroatoms. The highest BCUT2D eigenvalue weighted by molar-refractivity contribution is 6.30. The van der Waals surface area contributed by atoms with Gasteiger partial charge in [0, 0.05) is 30.2 Å². The highest BCUT2D eigenvalue weighted by atomic mass is 35.5. The number of hydrogen-bond acceptors (Lipinski definition) is 4. The van der Waals surface area contributed by atoms with Gasteiger partial charge in [-0.1, -0.05) is 41.4 Å². The van der Waals surface area contributed by atoms with Gasteiger partial charge in [0.1, 0.15) is 0 Å². The van der Waals surface area contributed by atoms with Gasteiger partial charge in [-0.15, -0.1) is 0 Å². The van der Waals surface area contributed by atoms with Crippen molar-refractivity contribution in [3.05, 3.63) is 93.5 Å². The molecule has 3 aromatic carbocycles. The summed E-state index contributed by atoms with van der Waals surface area (Å²) in [7, 11) is 3.30. The van der Waals surface area contributed by atoms with Gasteiger partial charge in [-0.2, -0.15) is 0 Å². The first-order chi connectivity index (χ1) is 16.0. The van der Waals surface area contributed by atoms with Gasteiger partial charge in [-0.05, 0) is 66.4 Å². The Balaban J connectivity index is 1.62. The number of methoxy groups -OCH3 is 2. The van der Waals surface area contributed by atoms with Crippen molar-refractivity contribution in [1.82, 2.24) is 10.2 Å². The van der Waals surface area contributed by atoms with Crippen LogP contribution in [0.5, 0.6) is 11.5 Å². The van der Waals surface area contributed by atoms with Crippen LogP contribution in [0, 0.1) is 6.92 Å². The molecule has 3 aromatic rings. The third-order valence-corrected chi connectivity index (χ3v) is 6.40. The molecule has 0 fully saturated rings. The van der Waals surface area contributed by atoms with E-state index in [1.807, 2.05) is 0 Å². The van der Waals surface area contributed by atoms with Gasteiger partial charge in [0.25, 0.3) is 5.91 Å². The van der Waals surface area contributed by atoms with Crippen LogP contribution >= 0.6 is 11.6 Å². The van der Waals surface area contributed by atoms with Crippen molar-refractivity contribution >= 4 is 17.5 Å². The Morgan fingerprint density at radius 3 is 2.48 bits per heavy atom. The highest BCUT2D eigenvalue weighted by Crippen LogP contribution is 2.38. The minimum atomic E-state index is -0.116. The number of hydrogen-bond donors (Lipinski definition) is 1. The lowest BCUT2D eigenvalue weighted by Crippen LogP contribution is -2.41. The van der Waals surface area contributed by atoms with E-state index in [-0.39, 0.29) is 11.9 Å². The zero-order valence-electron chi connectivity index (χ0n) is 19.2. The van der Waals surface area contributed by atoms with Gasteiger partial charge < -0.3 is 14.8 Å². The average Bonchev–Trinajstić information content (AvgIpc) is 2.82. The van der Waals surface area contributed by atoms with E-state index in [1.54, 1.807) is 38.5 Å². The molecule has 1 aliphatic rings. The maximum absolute atomic E-state index is 12.8. The van der Waals surface area contributed by atoms with E-state index < -0.39 is 0 Å². The van der Waals surface area contributed by atoms with Crippen LogP contribution in [-0.4, -0.2) is 38.1 Å². The number of aryl methyl sites for hydroxylation is 1. The predicted molar refractivity (Wildman–Crippen MR) is 131 cm³/mol. The second-order valence-electron chi connectivity index (χ2n) is 8.35. The second kappa shape index (κ2) is 10.3. The molecule has 5 nitrogen and oxygen atoms in total. The van der Waals surface area contributed by atoms with E-state index in [1.165, 1.54) is 16.7 Å². The summed E-state index contributed by atoms with van der Waals surface area (Å²) in [5, 5.41) is 3.74. The van der Waals surface area contributed by atoms with E-state index in [9.17, 15) is 4.79 Å². The highest BCUT2D eigenvalue weighted by Gasteiger charge is 2.29. The summed E-state index contributed by atoms with van der Waals surface area (Å²) in [6.45, 7) is 4.28. The molecule has 0 radical (unpaired) electrons. The van der Waals surface area contributed by atoms with Crippen LogP contribution in [0.25, 0.3) is 0 Å². The summed E-state index contributed by atoms with van der Waals surface area (Å²) in [5.74, 6) is 1.31. The fourth-order valence-electron chi connectivity index (χ4n) is 4.45. The zero-order chi connectivity index (χ0) is 23.4. The fourth-order valence-corrected chi connectivity index (χ4v) is 4.57. The molecular formula is C27H29ClN2O3. The monoisotopic (exact) mass is 464 g/mol. The molecule has 1 N–H and O–H groups in total. The standard InChI is InChI=1S/C27H29ClN2O3/c1-18-5-4-6-19(13-18)17-30-12-11-21-14-25(32-2)26(33-3)15-23(21)24(30)16-29-27(31)20-7-9-22(28)10-8-20/h4-10,13-15,24H,11-12,16-17H2,1-3H3,(H,29,31)/t24-/m1/s1. The molecule has 0 spiro atoms. The van der Waals surface area contributed by atoms with Gasteiger partial charge in [0.05, 0.1) is 20.3 Å². The molecule has 1 atom stereocenters. The summed E-state index contributed by atoms with van der Waals surface area (Å²) in [5.41, 5.74) is 5.46. The first-order valence-corrected chi connectivity index (χ1v) is 11.4. The number of amides is 1. The lowest BCUT2D eigenvalue weighted by atomic mass is 9.91. The quantitative estimate of drug-likeness (QED) is 0.522. The third kappa shape index (κ3) is 5.32. The van der Waals surface area contributed by atoms with Crippen LogP contribution in [0.1, 0.15) is 38.7 Å². The van der Waals surface area contributed by atoms with Crippen molar-refractivity contribution in [3.63, 3.8) is 0 Å². The number of rotatable bonds is 7. The maximum Gasteiger partial charge on any atom is 0.251 e. The Kier molecular flexibility index (Phi) is 7.21. The van der Waals surface area contributed by atoms with E-state index >= 15 is 0 Å². The summed E-state index contributed by atoms with van der Waals surface area (Å²) >= 11 is 5.97. The summed E-state index contributed by atoms with van der Waals surface area (Å²) in [6.07, 6.45) is 0.906. The average molecular weight is 465 g/mol. The van der Waals surface area contributed by atoms with Crippen LogP contribution in [0.2, 0.25) is 5.02 Å². The molecule has 0 aromatic heterocycles. The number of fused-ring (bicyclic) bond motifs is 1. The van der Waals surface area contributed by atoms with Crippen molar-refractivity contribution in [2.75, 3.05) is 27.3 Å². The van der Waals surface area contributed by atoms with Crippen LogP contribution in [-0.2, 0) is 13.0 Å². The topological polar surface area (TPSA) is 50.8 Å². The van der Waals surface area contributed by atoms with Gasteiger partial charge in [0.15, 0.2) is 11.5 Å².